The summed E-state index contributed by atoms with van der Waals surface area (Å²) >= 11 is 0. The molecule has 0 bridgehead atoms. The van der Waals surface area contributed by atoms with Crippen LogP contribution in [0.2, 0.25) is 0 Å². The Kier molecular flexibility index (Phi) is 4.93. The Labute approximate surface area is 94.2 Å². The Bertz CT molecular complexity index is 229. The Morgan fingerprint density at radius 2 is 1.93 bits per heavy atom. The SMILES string of the molecule is C=C(CC(=C)C1CCCCC1C)OCC. The van der Waals surface area contributed by atoms with E-state index >= 15 is 0 Å². The van der Waals surface area contributed by atoms with E-state index in [0.717, 1.165) is 18.1 Å². The van der Waals surface area contributed by atoms with Gasteiger partial charge < -0.3 is 4.74 Å². The van der Waals surface area contributed by atoms with Crippen LogP contribution in [0.1, 0.15) is 46.0 Å². The van der Waals surface area contributed by atoms with E-state index in [1.165, 1.54) is 31.3 Å². The van der Waals surface area contributed by atoms with Crippen LogP contribution in [0.3, 0.4) is 0 Å². The topological polar surface area (TPSA) is 9.23 Å². The van der Waals surface area contributed by atoms with Gasteiger partial charge in [0.1, 0.15) is 0 Å². The molecule has 0 aromatic carbocycles. The Balaban J connectivity index is 2.41. The number of ether oxygens (including phenoxy) is 1. The van der Waals surface area contributed by atoms with Crippen LogP contribution in [0, 0.1) is 11.8 Å². The second-order valence-corrected chi connectivity index (χ2v) is 4.67. The summed E-state index contributed by atoms with van der Waals surface area (Å²) in [5.41, 5.74) is 1.32. The van der Waals surface area contributed by atoms with Crippen LogP contribution < -0.4 is 0 Å². The minimum absolute atomic E-state index is 0.691. The van der Waals surface area contributed by atoms with Gasteiger partial charge in [0.05, 0.1) is 12.4 Å². The standard InChI is InChI=1S/C14H24O/c1-5-15-13(4)10-12(3)14-9-7-6-8-11(14)2/h11,14H,3-10H2,1-2H3. The molecule has 86 valence electrons. The van der Waals surface area contributed by atoms with E-state index < -0.39 is 0 Å². The smallest absolute Gasteiger partial charge is 0.0928 e. The number of allylic oxidation sites excluding steroid dienone is 1. The van der Waals surface area contributed by atoms with Crippen LogP contribution >= 0.6 is 0 Å². The molecule has 0 aliphatic heterocycles. The van der Waals surface area contributed by atoms with Gasteiger partial charge in [-0.3, -0.25) is 0 Å². The van der Waals surface area contributed by atoms with Crippen molar-refractivity contribution in [3.63, 3.8) is 0 Å². The van der Waals surface area contributed by atoms with Gasteiger partial charge in [0, 0.05) is 6.42 Å². The van der Waals surface area contributed by atoms with Crippen molar-refractivity contribution in [3.8, 4) is 0 Å². The van der Waals surface area contributed by atoms with Crippen molar-refractivity contribution >= 4 is 0 Å². The van der Waals surface area contributed by atoms with Gasteiger partial charge in [-0.05, 0) is 25.2 Å². The van der Waals surface area contributed by atoms with Gasteiger partial charge in [0.25, 0.3) is 0 Å². The van der Waals surface area contributed by atoms with Crippen molar-refractivity contribution < 1.29 is 4.74 Å². The number of rotatable bonds is 5. The molecule has 1 aliphatic rings. The molecule has 1 aliphatic carbocycles. The van der Waals surface area contributed by atoms with Crippen molar-refractivity contribution in [2.75, 3.05) is 6.61 Å². The lowest BCUT2D eigenvalue weighted by Gasteiger charge is -2.30. The molecule has 1 rings (SSSR count). The third-order valence-corrected chi connectivity index (χ3v) is 3.41. The quantitative estimate of drug-likeness (QED) is 0.483. The predicted molar refractivity (Wildman–Crippen MR) is 65.6 cm³/mol. The zero-order chi connectivity index (χ0) is 11.3. The minimum atomic E-state index is 0.691. The largest absolute Gasteiger partial charge is 0.499 e. The lowest BCUT2D eigenvalue weighted by Crippen LogP contribution is -2.18. The highest BCUT2D eigenvalue weighted by molar-refractivity contribution is 5.10. The number of hydrogen-bond acceptors (Lipinski definition) is 1. The molecule has 0 saturated heterocycles. The monoisotopic (exact) mass is 208 g/mol. The summed E-state index contributed by atoms with van der Waals surface area (Å²) in [5.74, 6) is 2.36. The van der Waals surface area contributed by atoms with Gasteiger partial charge in [-0.15, -0.1) is 0 Å². The Morgan fingerprint density at radius 3 is 2.53 bits per heavy atom. The van der Waals surface area contributed by atoms with Crippen molar-refractivity contribution in [2.24, 2.45) is 11.8 Å². The molecule has 1 nitrogen and oxygen atoms in total. The highest BCUT2D eigenvalue weighted by atomic mass is 16.5. The van der Waals surface area contributed by atoms with Gasteiger partial charge >= 0.3 is 0 Å². The van der Waals surface area contributed by atoms with Crippen LogP contribution in [-0.2, 0) is 4.74 Å². The molecule has 15 heavy (non-hydrogen) atoms. The van der Waals surface area contributed by atoms with Crippen LogP contribution in [-0.4, -0.2) is 6.61 Å². The Morgan fingerprint density at radius 1 is 1.27 bits per heavy atom. The normalized spacial score (nSPS) is 26.0. The molecule has 0 radical (unpaired) electrons. The summed E-state index contributed by atoms with van der Waals surface area (Å²) in [5, 5.41) is 0. The minimum Gasteiger partial charge on any atom is -0.499 e. The van der Waals surface area contributed by atoms with E-state index in [-0.39, 0.29) is 0 Å². The molecule has 2 atom stereocenters. The maximum atomic E-state index is 5.38. The van der Waals surface area contributed by atoms with E-state index in [4.69, 9.17) is 4.74 Å². The van der Waals surface area contributed by atoms with Gasteiger partial charge in [-0.2, -0.15) is 0 Å². The first-order valence-corrected chi connectivity index (χ1v) is 6.13. The zero-order valence-electron chi connectivity index (χ0n) is 10.2. The van der Waals surface area contributed by atoms with E-state index in [1.807, 2.05) is 6.92 Å². The molecular formula is C14H24O. The highest BCUT2D eigenvalue weighted by Crippen LogP contribution is 2.36. The molecule has 1 heteroatoms. The summed E-state index contributed by atoms with van der Waals surface area (Å²) in [7, 11) is 0. The van der Waals surface area contributed by atoms with Crippen molar-refractivity contribution in [3.05, 3.63) is 24.5 Å². The first-order chi connectivity index (χ1) is 7.15. The molecule has 0 amide bonds. The van der Waals surface area contributed by atoms with Crippen LogP contribution in [0.5, 0.6) is 0 Å². The molecule has 1 fully saturated rings. The molecule has 0 heterocycles. The fourth-order valence-electron chi connectivity index (χ4n) is 2.56. The van der Waals surface area contributed by atoms with Gasteiger partial charge in [-0.25, -0.2) is 0 Å². The van der Waals surface area contributed by atoms with Gasteiger partial charge in [-0.1, -0.05) is 44.9 Å². The summed E-state index contributed by atoms with van der Waals surface area (Å²) in [4.78, 5) is 0. The summed E-state index contributed by atoms with van der Waals surface area (Å²) in [6, 6.07) is 0. The molecular weight excluding hydrogens is 184 g/mol. The van der Waals surface area contributed by atoms with E-state index in [1.54, 1.807) is 0 Å². The summed E-state index contributed by atoms with van der Waals surface area (Å²) < 4.78 is 5.38. The van der Waals surface area contributed by atoms with Gasteiger partial charge in [0.2, 0.25) is 0 Å². The highest BCUT2D eigenvalue weighted by Gasteiger charge is 2.23. The van der Waals surface area contributed by atoms with E-state index in [2.05, 4.69) is 20.1 Å². The summed E-state index contributed by atoms with van der Waals surface area (Å²) in [6.45, 7) is 13.2. The maximum absolute atomic E-state index is 5.38. The third kappa shape index (κ3) is 3.73. The fourth-order valence-corrected chi connectivity index (χ4v) is 2.56. The number of hydrogen-bond donors (Lipinski definition) is 0. The molecule has 0 aromatic rings. The first-order valence-electron chi connectivity index (χ1n) is 6.13. The average Bonchev–Trinajstić information content (AvgIpc) is 2.18. The van der Waals surface area contributed by atoms with Gasteiger partial charge in [0.15, 0.2) is 0 Å². The average molecular weight is 208 g/mol. The lowest BCUT2D eigenvalue weighted by atomic mass is 9.76. The van der Waals surface area contributed by atoms with E-state index in [9.17, 15) is 0 Å². The first kappa shape index (κ1) is 12.4. The molecule has 2 unspecified atom stereocenters. The van der Waals surface area contributed by atoms with Crippen LogP contribution in [0.15, 0.2) is 24.5 Å². The Hall–Kier alpha value is -0.720. The van der Waals surface area contributed by atoms with Crippen molar-refractivity contribution in [1.29, 1.82) is 0 Å². The summed E-state index contributed by atoms with van der Waals surface area (Å²) in [6.07, 6.45) is 6.25. The molecule has 0 aromatic heterocycles. The molecule has 0 spiro atoms. The fraction of sp³-hybridized carbons (Fsp3) is 0.714. The second-order valence-electron chi connectivity index (χ2n) is 4.67. The lowest BCUT2D eigenvalue weighted by molar-refractivity contribution is 0.217. The van der Waals surface area contributed by atoms with Crippen molar-refractivity contribution in [1.82, 2.24) is 0 Å². The van der Waals surface area contributed by atoms with E-state index in [0.29, 0.717) is 12.5 Å². The third-order valence-electron chi connectivity index (χ3n) is 3.41. The maximum Gasteiger partial charge on any atom is 0.0928 e. The zero-order valence-corrected chi connectivity index (χ0v) is 10.2. The van der Waals surface area contributed by atoms with Crippen LogP contribution in [0.25, 0.3) is 0 Å². The second kappa shape index (κ2) is 5.99. The predicted octanol–water partition coefficient (Wildman–Crippen LogP) is 4.31. The van der Waals surface area contributed by atoms with Crippen molar-refractivity contribution in [2.45, 2.75) is 46.0 Å². The van der Waals surface area contributed by atoms with Crippen LogP contribution in [0.4, 0.5) is 0 Å². The molecule has 1 saturated carbocycles. The molecule has 0 N–H and O–H groups in total.